The molecule has 1 aromatic rings. The summed E-state index contributed by atoms with van der Waals surface area (Å²) in [6.07, 6.45) is 0.297. The number of carbonyl (C=O) groups is 1. The van der Waals surface area contributed by atoms with Crippen molar-refractivity contribution in [2.24, 2.45) is 0 Å². The minimum absolute atomic E-state index is 0.297. The van der Waals surface area contributed by atoms with Crippen LogP contribution in [-0.2, 0) is 9.53 Å². The molecule has 0 aromatic heterocycles. The highest BCUT2D eigenvalue weighted by Gasteiger charge is 2.54. The van der Waals surface area contributed by atoms with Crippen molar-refractivity contribution in [3.63, 3.8) is 0 Å². The number of hydroxylamine groups is 2. The summed E-state index contributed by atoms with van der Waals surface area (Å²) in [5.74, 6) is 0.0162. The monoisotopic (exact) mass is 269 g/mol. The molecule has 1 heterocycles. The molecule has 1 aliphatic rings. The molecule has 0 bridgehead atoms. The van der Waals surface area contributed by atoms with Crippen LogP contribution >= 0.6 is 0 Å². The van der Waals surface area contributed by atoms with Crippen molar-refractivity contribution < 1.29 is 29.6 Å². The number of benzene rings is 1. The van der Waals surface area contributed by atoms with Gasteiger partial charge in [-0.3, -0.25) is 0 Å². The van der Waals surface area contributed by atoms with Crippen molar-refractivity contribution in [3.8, 4) is 5.75 Å². The van der Waals surface area contributed by atoms with Crippen molar-refractivity contribution in [1.82, 2.24) is 0 Å². The molecule has 1 atom stereocenters. The average molecular weight is 269 g/mol. The van der Waals surface area contributed by atoms with Crippen LogP contribution in [0.2, 0.25) is 0 Å². The normalized spacial score (nSPS) is 21.3. The van der Waals surface area contributed by atoms with Gasteiger partial charge in [0.1, 0.15) is 5.75 Å². The van der Waals surface area contributed by atoms with E-state index in [1.165, 1.54) is 12.1 Å². The number of hydrogen-bond acceptors (Lipinski definition) is 6. The maximum absolute atomic E-state index is 11.5. The molecule has 1 saturated heterocycles. The van der Waals surface area contributed by atoms with Gasteiger partial charge in [0.05, 0.1) is 31.4 Å². The third-order valence-corrected chi connectivity index (χ3v) is 3.23. The second-order valence-corrected chi connectivity index (χ2v) is 4.26. The van der Waals surface area contributed by atoms with Crippen LogP contribution in [-0.4, -0.2) is 48.1 Å². The zero-order chi connectivity index (χ0) is 14.0. The largest absolute Gasteiger partial charge is 0.497 e. The molecule has 0 amide bonds. The molecule has 104 valence electrons. The summed E-state index contributed by atoms with van der Waals surface area (Å²) in [4.78, 5) is 9.99. The highest BCUT2D eigenvalue weighted by molar-refractivity contribution is 5.75. The molecule has 7 heteroatoms. The van der Waals surface area contributed by atoms with E-state index in [0.29, 0.717) is 24.4 Å². The van der Waals surface area contributed by atoms with Gasteiger partial charge in [0.15, 0.2) is 0 Å². The number of esters is 1. The average Bonchev–Trinajstić information content (AvgIpc) is 2.73. The van der Waals surface area contributed by atoms with Crippen LogP contribution in [0.3, 0.4) is 0 Å². The first-order chi connectivity index (χ1) is 9.00. The van der Waals surface area contributed by atoms with Crippen LogP contribution in [0.15, 0.2) is 24.3 Å². The maximum Gasteiger partial charge on any atom is 0.374 e. The van der Waals surface area contributed by atoms with E-state index in [9.17, 15) is 15.2 Å². The highest BCUT2D eigenvalue weighted by Crippen LogP contribution is 2.31. The predicted molar refractivity (Wildman–Crippen MR) is 64.6 cm³/mol. The van der Waals surface area contributed by atoms with Crippen molar-refractivity contribution in [3.05, 3.63) is 24.3 Å². The molecule has 0 radical (unpaired) electrons. The Bertz CT molecular complexity index is 460. The van der Waals surface area contributed by atoms with Crippen LogP contribution < -0.4 is 9.75 Å². The summed E-state index contributed by atoms with van der Waals surface area (Å²) in [7, 11) is 2.77. The molecule has 0 saturated carbocycles. The summed E-state index contributed by atoms with van der Waals surface area (Å²) in [6, 6.07) is 5.77. The molecule has 1 fully saturated rings. The number of methoxy groups -OCH3 is 2. The maximum atomic E-state index is 11.5. The summed E-state index contributed by atoms with van der Waals surface area (Å²) in [5.41, 5.74) is 0.581. The number of nitrogens with zero attached hydrogens (tertiary/aromatic N) is 2. The number of carbonyl (C=O) groups excluding carboxylic acids is 1. The minimum Gasteiger partial charge on any atom is -0.497 e. The van der Waals surface area contributed by atoms with Crippen LogP contribution in [0.25, 0.3) is 0 Å². The van der Waals surface area contributed by atoms with Gasteiger partial charge in [-0.15, -0.1) is 0 Å². The molecule has 7 nitrogen and oxygen atoms in total. The van der Waals surface area contributed by atoms with E-state index in [4.69, 9.17) is 4.74 Å². The van der Waals surface area contributed by atoms with Crippen molar-refractivity contribution >= 4 is 11.7 Å². The third kappa shape index (κ3) is 2.35. The Morgan fingerprint density at radius 3 is 2.47 bits per heavy atom. The Hall–Kier alpha value is -1.83. The second kappa shape index (κ2) is 5.04. The van der Waals surface area contributed by atoms with Gasteiger partial charge in [0.2, 0.25) is 0 Å². The summed E-state index contributed by atoms with van der Waals surface area (Å²) >= 11 is 0. The Labute approximate surface area is 110 Å². The molecule has 2 N–H and O–H groups in total. The van der Waals surface area contributed by atoms with Gasteiger partial charge in [-0.1, -0.05) is 0 Å². The molecular weight excluding hydrogens is 252 g/mol. The van der Waals surface area contributed by atoms with Gasteiger partial charge < -0.3 is 9.47 Å². The van der Waals surface area contributed by atoms with Crippen molar-refractivity contribution in [2.75, 3.05) is 25.8 Å². The number of hydrogen-bond donors (Lipinski definition) is 2. The lowest BCUT2D eigenvalue weighted by Gasteiger charge is -2.29. The summed E-state index contributed by atoms with van der Waals surface area (Å²) in [5, 5.41) is 21.5. The van der Waals surface area contributed by atoms with Crippen LogP contribution in [0.1, 0.15) is 6.42 Å². The SMILES string of the molecule is COC(=O)C1CCN(c2ccc(OC)cc2)[N+]1(O)O. The van der Waals surface area contributed by atoms with Crippen LogP contribution in [0, 0.1) is 0 Å². The van der Waals surface area contributed by atoms with Gasteiger partial charge in [-0.25, -0.2) is 4.79 Å². The Kier molecular flexibility index (Phi) is 3.61. The molecule has 2 rings (SSSR count). The van der Waals surface area contributed by atoms with Gasteiger partial charge in [-0.05, 0) is 24.3 Å². The zero-order valence-corrected chi connectivity index (χ0v) is 10.8. The first-order valence-electron chi connectivity index (χ1n) is 5.85. The summed E-state index contributed by atoms with van der Waals surface area (Å²) < 4.78 is 9.61. The van der Waals surface area contributed by atoms with Crippen LogP contribution in [0.4, 0.5) is 5.69 Å². The lowest BCUT2D eigenvalue weighted by molar-refractivity contribution is -1.25. The smallest absolute Gasteiger partial charge is 0.374 e. The number of rotatable bonds is 3. The molecule has 1 aromatic carbocycles. The quantitative estimate of drug-likeness (QED) is 0.628. The fourth-order valence-corrected chi connectivity index (χ4v) is 2.18. The van der Waals surface area contributed by atoms with E-state index < -0.39 is 16.9 Å². The number of ether oxygens (including phenoxy) is 2. The van der Waals surface area contributed by atoms with E-state index in [1.807, 2.05) is 0 Å². The second-order valence-electron chi connectivity index (χ2n) is 4.26. The predicted octanol–water partition coefficient (Wildman–Crippen LogP) is 0.957. The van der Waals surface area contributed by atoms with Crippen molar-refractivity contribution in [1.29, 1.82) is 0 Å². The van der Waals surface area contributed by atoms with Gasteiger partial charge >= 0.3 is 5.97 Å². The van der Waals surface area contributed by atoms with Crippen molar-refractivity contribution in [2.45, 2.75) is 12.5 Å². The first kappa shape index (κ1) is 13.6. The molecule has 0 spiro atoms. The summed E-state index contributed by atoms with van der Waals surface area (Å²) in [6.45, 7) is 0.332. The standard InChI is InChI=1S/C12H17N2O5/c1-18-10-5-3-9(4-6-10)13-8-7-11(12(15)19-2)14(13,16)17/h3-6,11,16-17H,7-8H2,1-2H3/q+1. The van der Waals surface area contributed by atoms with Gasteiger partial charge in [0.25, 0.3) is 6.04 Å². The Balaban J connectivity index is 2.23. The molecule has 1 aliphatic heterocycles. The van der Waals surface area contributed by atoms with E-state index in [1.54, 1.807) is 31.4 Å². The van der Waals surface area contributed by atoms with Crippen LogP contribution in [0.5, 0.6) is 5.75 Å². The Morgan fingerprint density at radius 1 is 1.32 bits per heavy atom. The van der Waals surface area contributed by atoms with E-state index in [0.717, 1.165) is 0 Å². The fraction of sp³-hybridized carbons (Fsp3) is 0.417. The molecule has 1 unspecified atom stereocenters. The van der Waals surface area contributed by atoms with E-state index >= 15 is 0 Å². The lowest BCUT2D eigenvalue weighted by Crippen LogP contribution is -2.58. The molecular formula is C12H17N2O5+. The zero-order valence-electron chi connectivity index (χ0n) is 10.8. The molecule has 0 aliphatic carbocycles. The minimum atomic E-state index is -1.51. The van der Waals surface area contributed by atoms with Gasteiger partial charge in [0, 0.05) is 6.42 Å². The fourth-order valence-electron chi connectivity index (χ4n) is 2.18. The van der Waals surface area contributed by atoms with E-state index in [-0.39, 0.29) is 0 Å². The first-order valence-corrected chi connectivity index (χ1v) is 5.85. The van der Waals surface area contributed by atoms with E-state index in [2.05, 4.69) is 4.74 Å². The lowest BCUT2D eigenvalue weighted by atomic mass is 10.2. The number of anilines is 1. The highest BCUT2D eigenvalue weighted by atomic mass is 16.9. The molecule has 19 heavy (non-hydrogen) atoms. The topological polar surface area (TPSA) is 79.2 Å². The van der Waals surface area contributed by atoms with Gasteiger partial charge in [-0.2, -0.15) is 15.4 Å². The Morgan fingerprint density at radius 2 is 1.95 bits per heavy atom. The third-order valence-electron chi connectivity index (χ3n) is 3.23. The number of quaternary nitrogens is 1.